The van der Waals surface area contributed by atoms with Crippen molar-refractivity contribution in [2.75, 3.05) is 0 Å². The number of hydrogen-bond donors (Lipinski definition) is 1. The van der Waals surface area contributed by atoms with Gasteiger partial charge in [0.05, 0.1) is 15.2 Å². The standard InChI is InChI=1S/C22H26N2OS/c1-22(2,3)24-20(25)14-13-17(15-16-9-5-4-6-10-16)21-23-18-11-7-8-12-19(18)26-21/h4-12,17H,13-15H2,1-3H3,(H,24,25). The second-order valence-corrected chi connectivity index (χ2v) is 8.81. The van der Waals surface area contributed by atoms with Crippen LogP contribution in [0.5, 0.6) is 0 Å². The number of carbonyl (C=O) groups excluding carboxylic acids is 1. The molecular formula is C22H26N2OS. The number of aromatic nitrogens is 1. The minimum absolute atomic E-state index is 0.108. The van der Waals surface area contributed by atoms with Crippen molar-refractivity contribution in [2.45, 2.75) is 51.5 Å². The second kappa shape index (κ2) is 8.00. The Balaban J connectivity index is 1.78. The van der Waals surface area contributed by atoms with Crippen molar-refractivity contribution < 1.29 is 4.79 Å². The predicted molar refractivity (Wildman–Crippen MR) is 110 cm³/mol. The van der Waals surface area contributed by atoms with Crippen LogP contribution >= 0.6 is 11.3 Å². The minimum Gasteiger partial charge on any atom is -0.352 e. The van der Waals surface area contributed by atoms with E-state index in [1.165, 1.54) is 10.3 Å². The number of nitrogens with zero attached hydrogens (tertiary/aromatic N) is 1. The fourth-order valence-electron chi connectivity index (χ4n) is 3.06. The Hall–Kier alpha value is -2.20. The molecule has 0 aliphatic rings. The quantitative estimate of drug-likeness (QED) is 0.642. The third-order valence-corrected chi connectivity index (χ3v) is 5.42. The molecule has 1 N–H and O–H groups in total. The van der Waals surface area contributed by atoms with Gasteiger partial charge in [0.2, 0.25) is 5.91 Å². The zero-order chi connectivity index (χ0) is 18.6. The number of rotatable bonds is 6. The van der Waals surface area contributed by atoms with E-state index in [-0.39, 0.29) is 17.4 Å². The van der Waals surface area contributed by atoms with E-state index in [9.17, 15) is 4.79 Å². The van der Waals surface area contributed by atoms with Crippen LogP contribution in [0.2, 0.25) is 0 Å². The molecule has 1 unspecified atom stereocenters. The molecule has 0 aliphatic heterocycles. The van der Waals surface area contributed by atoms with Crippen LogP contribution in [-0.4, -0.2) is 16.4 Å². The summed E-state index contributed by atoms with van der Waals surface area (Å²) >= 11 is 1.75. The lowest BCUT2D eigenvalue weighted by Crippen LogP contribution is -2.40. The van der Waals surface area contributed by atoms with Gasteiger partial charge in [0.1, 0.15) is 0 Å². The number of nitrogens with one attached hydrogen (secondary N) is 1. The highest BCUT2D eigenvalue weighted by Gasteiger charge is 2.20. The van der Waals surface area contributed by atoms with E-state index < -0.39 is 0 Å². The fourth-order valence-corrected chi connectivity index (χ4v) is 4.16. The van der Waals surface area contributed by atoms with Crippen LogP contribution < -0.4 is 5.32 Å². The molecule has 1 amide bonds. The largest absolute Gasteiger partial charge is 0.352 e. The maximum atomic E-state index is 12.3. The summed E-state index contributed by atoms with van der Waals surface area (Å²) in [5, 5.41) is 4.18. The van der Waals surface area contributed by atoms with Crippen molar-refractivity contribution in [1.82, 2.24) is 10.3 Å². The first-order chi connectivity index (χ1) is 12.4. The van der Waals surface area contributed by atoms with E-state index in [1.54, 1.807) is 11.3 Å². The van der Waals surface area contributed by atoms with Crippen molar-refractivity contribution in [3.05, 3.63) is 65.2 Å². The number of hydrogen-bond acceptors (Lipinski definition) is 3. The molecule has 0 bridgehead atoms. The van der Waals surface area contributed by atoms with Crippen molar-refractivity contribution >= 4 is 27.5 Å². The molecule has 136 valence electrons. The summed E-state index contributed by atoms with van der Waals surface area (Å²) < 4.78 is 1.21. The average molecular weight is 367 g/mol. The van der Waals surface area contributed by atoms with Crippen LogP contribution in [-0.2, 0) is 11.2 Å². The normalized spacial score (nSPS) is 12.9. The number of para-hydroxylation sites is 1. The molecule has 1 aromatic heterocycles. The average Bonchev–Trinajstić information content (AvgIpc) is 3.02. The Morgan fingerprint density at radius 1 is 1.08 bits per heavy atom. The first-order valence-corrected chi connectivity index (χ1v) is 9.93. The third-order valence-electron chi connectivity index (χ3n) is 4.22. The molecule has 0 aliphatic carbocycles. The zero-order valence-electron chi connectivity index (χ0n) is 15.7. The Morgan fingerprint density at radius 2 is 1.77 bits per heavy atom. The Bertz CT molecular complexity index is 831. The van der Waals surface area contributed by atoms with Crippen LogP contribution in [0.3, 0.4) is 0 Å². The van der Waals surface area contributed by atoms with Gasteiger partial charge in [0, 0.05) is 17.9 Å². The van der Waals surface area contributed by atoms with Gasteiger partial charge >= 0.3 is 0 Å². The van der Waals surface area contributed by atoms with Crippen LogP contribution in [0.15, 0.2) is 54.6 Å². The van der Waals surface area contributed by atoms with Gasteiger partial charge in [-0.2, -0.15) is 0 Å². The lowest BCUT2D eigenvalue weighted by molar-refractivity contribution is -0.122. The molecule has 1 heterocycles. The topological polar surface area (TPSA) is 42.0 Å². The van der Waals surface area contributed by atoms with Crippen LogP contribution in [0, 0.1) is 0 Å². The fraction of sp³-hybridized carbons (Fsp3) is 0.364. The molecule has 3 nitrogen and oxygen atoms in total. The first-order valence-electron chi connectivity index (χ1n) is 9.11. The highest BCUT2D eigenvalue weighted by atomic mass is 32.1. The first kappa shape index (κ1) is 18.6. The van der Waals surface area contributed by atoms with Crippen LogP contribution in [0.1, 0.15) is 50.1 Å². The van der Waals surface area contributed by atoms with E-state index in [1.807, 2.05) is 39.0 Å². The van der Waals surface area contributed by atoms with E-state index >= 15 is 0 Å². The number of carbonyl (C=O) groups is 1. The minimum atomic E-state index is -0.193. The number of thiazole rings is 1. The van der Waals surface area contributed by atoms with E-state index in [0.29, 0.717) is 6.42 Å². The van der Waals surface area contributed by atoms with Gasteiger partial charge in [-0.3, -0.25) is 4.79 Å². The van der Waals surface area contributed by atoms with Gasteiger partial charge in [0.15, 0.2) is 0 Å². The third kappa shape index (κ3) is 5.15. The van der Waals surface area contributed by atoms with Crippen molar-refractivity contribution in [1.29, 1.82) is 0 Å². The zero-order valence-corrected chi connectivity index (χ0v) is 16.5. The lowest BCUT2D eigenvalue weighted by Gasteiger charge is -2.21. The molecule has 3 rings (SSSR count). The molecule has 4 heteroatoms. The van der Waals surface area contributed by atoms with Gasteiger partial charge < -0.3 is 5.32 Å². The predicted octanol–water partition coefficient (Wildman–Crippen LogP) is 5.32. The Labute approximate surface area is 159 Å². The summed E-state index contributed by atoms with van der Waals surface area (Å²) in [6.07, 6.45) is 2.23. The molecular weight excluding hydrogens is 340 g/mol. The molecule has 0 radical (unpaired) electrons. The number of benzene rings is 2. The van der Waals surface area contributed by atoms with Crippen molar-refractivity contribution in [3.8, 4) is 0 Å². The maximum Gasteiger partial charge on any atom is 0.220 e. The second-order valence-electron chi connectivity index (χ2n) is 7.74. The van der Waals surface area contributed by atoms with E-state index in [0.717, 1.165) is 23.4 Å². The van der Waals surface area contributed by atoms with Gasteiger partial charge in [-0.05, 0) is 51.3 Å². The maximum absolute atomic E-state index is 12.3. The molecule has 0 saturated heterocycles. The highest BCUT2D eigenvalue weighted by Crippen LogP contribution is 2.32. The van der Waals surface area contributed by atoms with Gasteiger partial charge in [-0.1, -0.05) is 42.5 Å². The molecule has 0 saturated carbocycles. The SMILES string of the molecule is CC(C)(C)NC(=O)CCC(Cc1ccccc1)c1nc2ccccc2s1. The van der Waals surface area contributed by atoms with Gasteiger partial charge in [0.25, 0.3) is 0 Å². The molecule has 0 fully saturated rings. The van der Waals surface area contributed by atoms with Gasteiger partial charge in [-0.25, -0.2) is 4.98 Å². The molecule has 26 heavy (non-hydrogen) atoms. The Kier molecular flexibility index (Phi) is 5.72. The summed E-state index contributed by atoms with van der Waals surface area (Å²) in [5.74, 6) is 0.359. The summed E-state index contributed by atoms with van der Waals surface area (Å²) in [5.41, 5.74) is 2.14. The monoisotopic (exact) mass is 366 g/mol. The Morgan fingerprint density at radius 3 is 2.46 bits per heavy atom. The summed E-state index contributed by atoms with van der Waals surface area (Å²) in [6, 6.07) is 18.7. The van der Waals surface area contributed by atoms with E-state index in [4.69, 9.17) is 4.98 Å². The van der Waals surface area contributed by atoms with E-state index in [2.05, 4.69) is 41.7 Å². The molecule has 2 aromatic carbocycles. The summed E-state index contributed by atoms with van der Waals surface area (Å²) in [4.78, 5) is 17.1. The van der Waals surface area contributed by atoms with Crippen LogP contribution in [0.4, 0.5) is 0 Å². The van der Waals surface area contributed by atoms with Crippen LogP contribution in [0.25, 0.3) is 10.2 Å². The van der Waals surface area contributed by atoms with Gasteiger partial charge in [-0.15, -0.1) is 11.3 Å². The summed E-state index contributed by atoms with van der Waals surface area (Å²) in [7, 11) is 0. The lowest BCUT2D eigenvalue weighted by atomic mass is 9.95. The highest BCUT2D eigenvalue weighted by molar-refractivity contribution is 7.18. The molecule has 0 spiro atoms. The van der Waals surface area contributed by atoms with Crippen molar-refractivity contribution in [3.63, 3.8) is 0 Å². The molecule has 1 atom stereocenters. The van der Waals surface area contributed by atoms with Crippen molar-refractivity contribution in [2.24, 2.45) is 0 Å². The number of amides is 1. The number of fused-ring (bicyclic) bond motifs is 1. The summed E-state index contributed by atoms with van der Waals surface area (Å²) in [6.45, 7) is 6.04. The molecule has 3 aromatic rings. The smallest absolute Gasteiger partial charge is 0.220 e.